The van der Waals surface area contributed by atoms with Gasteiger partial charge in [-0.1, -0.05) is 29.3 Å². The van der Waals surface area contributed by atoms with Crippen LogP contribution in [0.15, 0.2) is 36.4 Å². The van der Waals surface area contributed by atoms with Crippen LogP contribution >= 0.6 is 23.2 Å². The highest BCUT2D eigenvalue weighted by atomic mass is 35.5. The number of carbonyl (C=O) groups excluding carboxylic acids is 1. The van der Waals surface area contributed by atoms with Gasteiger partial charge in [-0.3, -0.25) is 9.69 Å². The van der Waals surface area contributed by atoms with Gasteiger partial charge < -0.3 is 15.0 Å². The highest BCUT2D eigenvalue weighted by molar-refractivity contribution is 6.43. The molecule has 0 aromatic heterocycles. The van der Waals surface area contributed by atoms with Crippen LogP contribution in [0, 0.1) is 0 Å². The van der Waals surface area contributed by atoms with Crippen molar-refractivity contribution in [1.82, 2.24) is 10.2 Å². The molecule has 0 spiro atoms. The summed E-state index contributed by atoms with van der Waals surface area (Å²) in [6.07, 6.45) is 2.11. The predicted molar refractivity (Wildman–Crippen MR) is 117 cm³/mol. The summed E-state index contributed by atoms with van der Waals surface area (Å²) in [7, 11) is 0. The molecule has 2 aliphatic rings. The Bertz CT molecular complexity index is 882. The second-order valence-electron chi connectivity index (χ2n) is 7.46. The number of rotatable bonds is 7. The molecule has 0 atom stereocenters. The molecule has 1 amide bonds. The normalized spacial score (nSPS) is 16.6. The molecule has 2 aliphatic heterocycles. The molecule has 4 rings (SSSR count). The van der Waals surface area contributed by atoms with E-state index in [-0.39, 0.29) is 5.91 Å². The summed E-state index contributed by atoms with van der Waals surface area (Å²) in [5.74, 6) is 0.844. The van der Waals surface area contributed by atoms with Gasteiger partial charge in [-0.05, 0) is 55.3 Å². The van der Waals surface area contributed by atoms with Crippen LogP contribution in [0.3, 0.4) is 0 Å². The molecule has 7 heteroatoms. The second kappa shape index (κ2) is 9.24. The van der Waals surface area contributed by atoms with Crippen molar-refractivity contribution in [1.29, 1.82) is 0 Å². The average Bonchev–Trinajstić information content (AvgIpc) is 3.11. The number of nitrogens with one attached hydrogen (secondary N) is 1. The first kappa shape index (κ1) is 20.3. The van der Waals surface area contributed by atoms with E-state index >= 15 is 0 Å². The average molecular weight is 434 g/mol. The number of halogens is 2. The predicted octanol–water partition coefficient (Wildman–Crippen LogP) is 4.22. The van der Waals surface area contributed by atoms with Gasteiger partial charge in [-0.25, -0.2) is 0 Å². The lowest BCUT2D eigenvalue weighted by Crippen LogP contribution is -2.46. The van der Waals surface area contributed by atoms with E-state index in [2.05, 4.69) is 15.1 Å². The van der Waals surface area contributed by atoms with E-state index in [0.717, 1.165) is 68.1 Å². The molecule has 0 aliphatic carbocycles. The van der Waals surface area contributed by atoms with Crippen molar-refractivity contribution in [2.75, 3.05) is 44.2 Å². The minimum Gasteiger partial charge on any atom is -0.494 e. The van der Waals surface area contributed by atoms with Gasteiger partial charge in [0.15, 0.2) is 0 Å². The zero-order valence-electron chi connectivity index (χ0n) is 16.3. The molecule has 2 heterocycles. The third-order valence-corrected chi connectivity index (χ3v) is 6.35. The second-order valence-corrected chi connectivity index (χ2v) is 8.24. The SMILES string of the molecule is O=C1NCc2cc(OCCCCN3CCN(c4cccc(Cl)c4Cl)CC3)ccc21. The van der Waals surface area contributed by atoms with Crippen molar-refractivity contribution in [3.05, 3.63) is 57.6 Å². The smallest absolute Gasteiger partial charge is 0.251 e. The monoisotopic (exact) mass is 433 g/mol. The molecule has 0 bridgehead atoms. The highest BCUT2D eigenvalue weighted by Gasteiger charge is 2.20. The number of hydrogen-bond acceptors (Lipinski definition) is 4. The standard InChI is InChI=1S/C22H25Cl2N3O2/c23-19-4-3-5-20(21(19)24)27-11-9-26(10-12-27)8-1-2-13-29-17-6-7-18-16(14-17)15-25-22(18)28/h3-7,14H,1-2,8-13,15H2,(H,25,28). The number of anilines is 1. The Labute approximate surface area is 181 Å². The Kier molecular flexibility index (Phi) is 6.48. The number of nitrogens with zero attached hydrogens (tertiary/aromatic N) is 2. The first-order valence-electron chi connectivity index (χ1n) is 10.1. The van der Waals surface area contributed by atoms with Crippen molar-refractivity contribution in [3.63, 3.8) is 0 Å². The summed E-state index contributed by atoms with van der Waals surface area (Å²) in [6.45, 7) is 6.32. The van der Waals surface area contributed by atoms with Crippen molar-refractivity contribution in [2.45, 2.75) is 19.4 Å². The first-order valence-corrected chi connectivity index (χ1v) is 10.8. The largest absolute Gasteiger partial charge is 0.494 e. The number of unbranched alkanes of at least 4 members (excludes halogenated alkanes) is 1. The van der Waals surface area contributed by atoms with Crippen molar-refractivity contribution < 1.29 is 9.53 Å². The number of benzene rings is 2. The van der Waals surface area contributed by atoms with E-state index < -0.39 is 0 Å². The van der Waals surface area contributed by atoms with E-state index in [1.807, 2.05) is 36.4 Å². The van der Waals surface area contributed by atoms with Crippen LogP contribution in [0.25, 0.3) is 0 Å². The lowest BCUT2D eigenvalue weighted by atomic mass is 10.1. The van der Waals surface area contributed by atoms with Crippen LogP contribution in [0.5, 0.6) is 5.75 Å². The van der Waals surface area contributed by atoms with Gasteiger partial charge in [0.2, 0.25) is 0 Å². The third-order valence-electron chi connectivity index (χ3n) is 5.54. The van der Waals surface area contributed by atoms with E-state index in [1.165, 1.54) is 0 Å². The van der Waals surface area contributed by atoms with Crippen molar-refractivity contribution >= 4 is 34.8 Å². The highest BCUT2D eigenvalue weighted by Crippen LogP contribution is 2.32. The Morgan fingerprint density at radius 1 is 1.03 bits per heavy atom. The zero-order valence-corrected chi connectivity index (χ0v) is 17.8. The molecule has 1 saturated heterocycles. The molecule has 0 unspecified atom stereocenters. The number of hydrogen-bond donors (Lipinski definition) is 1. The number of piperazine rings is 1. The van der Waals surface area contributed by atoms with E-state index in [9.17, 15) is 4.79 Å². The van der Waals surface area contributed by atoms with Crippen LogP contribution in [0.2, 0.25) is 10.0 Å². The lowest BCUT2D eigenvalue weighted by molar-refractivity contribution is 0.0966. The molecule has 1 fully saturated rings. The van der Waals surface area contributed by atoms with Gasteiger partial charge in [-0.2, -0.15) is 0 Å². The summed E-state index contributed by atoms with van der Waals surface area (Å²) < 4.78 is 5.86. The lowest BCUT2D eigenvalue weighted by Gasteiger charge is -2.36. The van der Waals surface area contributed by atoms with Crippen molar-refractivity contribution in [2.24, 2.45) is 0 Å². The van der Waals surface area contributed by atoms with Gasteiger partial charge in [0.05, 0.1) is 22.3 Å². The minimum absolute atomic E-state index is 0.00396. The first-order chi connectivity index (χ1) is 14.1. The number of carbonyl (C=O) groups is 1. The van der Waals surface area contributed by atoms with Gasteiger partial charge >= 0.3 is 0 Å². The summed E-state index contributed by atoms with van der Waals surface area (Å²) in [4.78, 5) is 16.4. The summed E-state index contributed by atoms with van der Waals surface area (Å²) in [5.41, 5.74) is 2.80. The van der Waals surface area contributed by atoms with Crippen molar-refractivity contribution in [3.8, 4) is 5.75 Å². The summed E-state index contributed by atoms with van der Waals surface area (Å²) >= 11 is 12.5. The van der Waals surface area contributed by atoms with E-state index in [4.69, 9.17) is 27.9 Å². The fourth-order valence-corrected chi connectivity index (χ4v) is 4.29. The summed E-state index contributed by atoms with van der Waals surface area (Å²) in [6, 6.07) is 11.5. The van der Waals surface area contributed by atoms with Gasteiger partial charge in [0.1, 0.15) is 5.75 Å². The fraction of sp³-hybridized carbons (Fsp3) is 0.409. The minimum atomic E-state index is 0.00396. The van der Waals surface area contributed by atoms with Crippen LogP contribution in [0.1, 0.15) is 28.8 Å². The fourth-order valence-electron chi connectivity index (χ4n) is 3.87. The van der Waals surface area contributed by atoms with Crippen LogP contribution in [0.4, 0.5) is 5.69 Å². The number of ether oxygens (including phenoxy) is 1. The molecular weight excluding hydrogens is 409 g/mol. The molecule has 5 nitrogen and oxygen atoms in total. The Morgan fingerprint density at radius 3 is 2.69 bits per heavy atom. The molecule has 0 saturated carbocycles. The Hall–Kier alpha value is -1.95. The quantitative estimate of drug-likeness (QED) is 0.663. The molecule has 154 valence electrons. The molecule has 29 heavy (non-hydrogen) atoms. The number of fused-ring (bicyclic) bond motifs is 1. The maximum absolute atomic E-state index is 11.6. The zero-order chi connectivity index (χ0) is 20.2. The maximum atomic E-state index is 11.6. The Morgan fingerprint density at radius 2 is 1.86 bits per heavy atom. The van der Waals surface area contributed by atoms with E-state index in [1.54, 1.807) is 0 Å². The van der Waals surface area contributed by atoms with E-state index in [0.29, 0.717) is 23.2 Å². The molecule has 2 aromatic rings. The topological polar surface area (TPSA) is 44.8 Å². The summed E-state index contributed by atoms with van der Waals surface area (Å²) in [5, 5.41) is 4.08. The molecular formula is C22H25Cl2N3O2. The number of amides is 1. The van der Waals surface area contributed by atoms with Crippen LogP contribution in [-0.4, -0.2) is 50.1 Å². The maximum Gasteiger partial charge on any atom is 0.251 e. The van der Waals surface area contributed by atoms with Gasteiger partial charge in [-0.15, -0.1) is 0 Å². The molecule has 2 aromatic carbocycles. The van der Waals surface area contributed by atoms with Crippen LogP contribution in [-0.2, 0) is 6.54 Å². The van der Waals surface area contributed by atoms with Gasteiger partial charge in [0, 0.05) is 38.3 Å². The third kappa shape index (κ3) is 4.80. The molecule has 0 radical (unpaired) electrons. The molecule has 1 N–H and O–H groups in total. The Balaban J connectivity index is 1.15. The van der Waals surface area contributed by atoms with Crippen LogP contribution < -0.4 is 15.0 Å². The van der Waals surface area contributed by atoms with Gasteiger partial charge in [0.25, 0.3) is 5.91 Å².